The molecule has 0 aliphatic heterocycles. The summed E-state index contributed by atoms with van der Waals surface area (Å²) in [4.78, 5) is 0. The van der Waals surface area contributed by atoms with Crippen molar-refractivity contribution in [2.24, 2.45) is 0 Å². The van der Waals surface area contributed by atoms with E-state index in [1.165, 1.54) is 0 Å². The van der Waals surface area contributed by atoms with Gasteiger partial charge in [-0.1, -0.05) is 25.5 Å². The second-order valence-corrected chi connectivity index (χ2v) is 3.09. The maximum atomic E-state index is 11.7. The smallest absolute Gasteiger partial charge is 0.171 e. The Bertz CT molecular complexity index is 136. The molecule has 78 valence electrons. The first-order chi connectivity index (χ1) is 6.06. The van der Waals surface area contributed by atoms with E-state index in [2.05, 4.69) is 0 Å². The average Bonchev–Trinajstić information content (AvgIpc) is 2.01. The van der Waals surface area contributed by atoms with Gasteiger partial charge in [-0.25, -0.2) is 0 Å². The number of alkyl halides is 3. The molecule has 0 fully saturated rings. The van der Waals surface area contributed by atoms with Gasteiger partial charge >= 0.3 is 6.18 Å². The van der Waals surface area contributed by atoms with Crippen LogP contribution in [-0.2, 0) is 0 Å². The molecule has 0 aromatic rings. The predicted molar refractivity (Wildman–Crippen MR) is 48.6 cm³/mol. The fraction of sp³-hybridized carbons (Fsp3) is 0.800. The van der Waals surface area contributed by atoms with Crippen LogP contribution in [0.15, 0.2) is 12.2 Å². The first-order valence-corrected chi connectivity index (χ1v) is 4.78. The van der Waals surface area contributed by atoms with Crippen molar-refractivity contribution in [3.8, 4) is 0 Å². The first kappa shape index (κ1) is 12.5. The third-order valence-electron chi connectivity index (χ3n) is 1.73. The monoisotopic (exact) mass is 194 g/mol. The fourth-order valence-electron chi connectivity index (χ4n) is 1.05. The topological polar surface area (TPSA) is 0 Å². The molecule has 0 aromatic carbocycles. The van der Waals surface area contributed by atoms with Crippen molar-refractivity contribution < 1.29 is 13.2 Å². The lowest BCUT2D eigenvalue weighted by atomic mass is 10.1. The van der Waals surface area contributed by atoms with Crippen LogP contribution in [0, 0.1) is 0 Å². The van der Waals surface area contributed by atoms with Crippen LogP contribution in [0.4, 0.5) is 13.2 Å². The lowest BCUT2D eigenvalue weighted by molar-refractivity contribution is -0.135. The van der Waals surface area contributed by atoms with Crippen LogP contribution in [0.1, 0.15) is 45.4 Å². The van der Waals surface area contributed by atoms with E-state index in [1.54, 1.807) is 0 Å². The Morgan fingerprint density at radius 2 is 1.69 bits per heavy atom. The molecule has 0 spiro atoms. The van der Waals surface area contributed by atoms with Crippen molar-refractivity contribution in [1.29, 1.82) is 0 Å². The minimum atomic E-state index is -3.97. The second-order valence-electron chi connectivity index (χ2n) is 3.09. The third-order valence-corrected chi connectivity index (χ3v) is 1.73. The van der Waals surface area contributed by atoms with Gasteiger partial charge in [0, 0.05) is 6.42 Å². The summed E-state index contributed by atoms with van der Waals surface area (Å²) in [7, 11) is 0. The molecule has 0 N–H and O–H groups in total. The van der Waals surface area contributed by atoms with Crippen LogP contribution in [0.2, 0.25) is 0 Å². The van der Waals surface area contributed by atoms with Crippen LogP contribution in [0.25, 0.3) is 0 Å². The number of unbranched alkanes of at least 4 members (excludes halogenated alkanes) is 3. The van der Waals surface area contributed by atoms with Crippen LogP contribution in [-0.4, -0.2) is 6.18 Å². The lowest BCUT2D eigenvalue weighted by Gasteiger charge is -2.04. The Kier molecular flexibility index (Phi) is 6.73. The highest BCUT2D eigenvalue weighted by atomic mass is 19.4. The van der Waals surface area contributed by atoms with Crippen molar-refractivity contribution in [3.05, 3.63) is 12.2 Å². The van der Waals surface area contributed by atoms with Gasteiger partial charge in [0.1, 0.15) is 0 Å². The second kappa shape index (κ2) is 6.98. The molecule has 0 aromatic heterocycles. The molecular weight excluding hydrogens is 177 g/mol. The minimum absolute atomic E-state index is 0.267. The summed E-state index contributed by atoms with van der Waals surface area (Å²) in [6.45, 7) is 2.04. The zero-order valence-corrected chi connectivity index (χ0v) is 8.03. The van der Waals surface area contributed by atoms with E-state index >= 15 is 0 Å². The maximum Gasteiger partial charge on any atom is 0.389 e. The van der Waals surface area contributed by atoms with Gasteiger partial charge in [-0.2, -0.15) is 13.2 Å². The zero-order valence-electron chi connectivity index (χ0n) is 8.03. The van der Waals surface area contributed by atoms with Gasteiger partial charge < -0.3 is 0 Å². The molecule has 3 heteroatoms. The molecule has 13 heavy (non-hydrogen) atoms. The molecule has 0 amide bonds. The first-order valence-electron chi connectivity index (χ1n) is 4.78. The van der Waals surface area contributed by atoms with Gasteiger partial charge in [-0.05, 0) is 25.7 Å². The Morgan fingerprint density at radius 1 is 1.00 bits per heavy atom. The van der Waals surface area contributed by atoms with E-state index in [-0.39, 0.29) is 6.42 Å². The summed E-state index contributed by atoms with van der Waals surface area (Å²) in [5, 5.41) is 0. The van der Waals surface area contributed by atoms with Crippen molar-refractivity contribution in [3.63, 3.8) is 0 Å². The van der Waals surface area contributed by atoms with E-state index in [9.17, 15) is 13.2 Å². The molecule has 0 rings (SSSR count). The summed E-state index contributed by atoms with van der Waals surface area (Å²) in [6, 6.07) is 0. The molecule has 0 atom stereocenters. The molecule has 0 saturated carbocycles. The predicted octanol–water partition coefficient (Wildman–Crippen LogP) is 4.47. The fourth-order valence-corrected chi connectivity index (χ4v) is 1.05. The Labute approximate surface area is 77.8 Å². The Morgan fingerprint density at radius 3 is 2.23 bits per heavy atom. The summed E-state index contributed by atoms with van der Waals surface area (Å²) >= 11 is 0. The highest BCUT2D eigenvalue weighted by molar-refractivity contribution is 4.79. The van der Waals surface area contributed by atoms with Crippen molar-refractivity contribution >= 4 is 0 Å². The minimum Gasteiger partial charge on any atom is -0.171 e. The molecule has 0 nitrogen and oxygen atoms in total. The molecule has 0 radical (unpaired) electrons. The summed E-state index contributed by atoms with van der Waals surface area (Å²) < 4.78 is 35.0. The molecule has 0 saturated heterocycles. The molecule has 0 aliphatic carbocycles. The van der Waals surface area contributed by atoms with Crippen LogP contribution in [0.5, 0.6) is 0 Å². The van der Waals surface area contributed by atoms with E-state index in [0.717, 1.165) is 19.3 Å². The highest BCUT2D eigenvalue weighted by Gasteiger charge is 2.25. The average molecular weight is 194 g/mol. The van der Waals surface area contributed by atoms with E-state index in [1.807, 2.05) is 19.1 Å². The summed E-state index contributed by atoms with van der Waals surface area (Å²) in [5.74, 6) is 0. The van der Waals surface area contributed by atoms with Gasteiger partial charge in [-0.15, -0.1) is 0 Å². The van der Waals surface area contributed by atoms with Gasteiger partial charge in [0.15, 0.2) is 0 Å². The number of rotatable bonds is 6. The normalized spacial score (nSPS) is 12.6. The quantitative estimate of drug-likeness (QED) is 0.432. The third kappa shape index (κ3) is 11.5. The van der Waals surface area contributed by atoms with Gasteiger partial charge in [-0.3, -0.25) is 0 Å². The van der Waals surface area contributed by atoms with Crippen molar-refractivity contribution in [1.82, 2.24) is 0 Å². The largest absolute Gasteiger partial charge is 0.389 e. The standard InChI is InChI=1S/C10H17F3/c1-2-3-4-5-6-7-8-9-10(11,12)13/h3-4H,2,5-9H2,1H3. The van der Waals surface area contributed by atoms with E-state index in [0.29, 0.717) is 6.42 Å². The van der Waals surface area contributed by atoms with Crippen molar-refractivity contribution in [2.45, 2.75) is 51.6 Å². The van der Waals surface area contributed by atoms with Crippen LogP contribution in [0.3, 0.4) is 0 Å². The van der Waals surface area contributed by atoms with Crippen molar-refractivity contribution in [2.75, 3.05) is 0 Å². The summed E-state index contributed by atoms with van der Waals surface area (Å²) in [6.07, 6.45) is 3.19. The SMILES string of the molecule is CCC=CCCCCCC(F)(F)F. The maximum absolute atomic E-state index is 11.7. The van der Waals surface area contributed by atoms with E-state index in [4.69, 9.17) is 0 Å². The molecule has 0 unspecified atom stereocenters. The number of allylic oxidation sites excluding steroid dienone is 2. The lowest BCUT2D eigenvalue weighted by Crippen LogP contribution is -2.06. The van der Waals surface area contributed by atoms with Gasteiger partial charge in [0.05, 0.1) is 0 Å². The van der Waals surface area contributed by atoms with Gasteiger partial charge in [0.25, 0.3) is 0 Å². The van der Waals surface area contributed by atoms with Gasteiger partial charge in [0.2, 0.25) is 0 Å². The number of halogens is 3. The Balaban J connectivity index is 3.13. The molecule has 0 bridgehead atoms. The van der Waals surface area contributed by atoms with E-state index < -0.39 is 12.6 Å². The summed E-state index contributed by atoms with van der Waals surface area (Å²) in [5.41, 5.74) is 0. The molecule has 0 aliphatic rings. The highest BCUT2D eigenvalue weighted by Crippen LogP contribution is 2.22. The number of hydrogen-bond acceptors (Lipinski definition) is 0. The van der Waals surface area contributed by atoms with Crippen LogP contribution < -0.4 is 0 Å². The molecule has 0 heterocycles. The van der Waals surface area contributed by atoms with Crippen LogP contribution >= 0.6 is 0 Å². The zero-order chi connectivity index (χ0) is 10.2. The number of hydrogen-bond donors (Lipinski definition) is 0. The Hall–Kier alpha value is -0.470. The molecular formula is C10H17F3.